The number of fused-ring (bicyclic) bond motifs is 16. The van der Waals surface area contributed by atoms with Crippen LogP contribution in [0.1, 0.15) is 90.2 Å². The van der Waals surface area contributed by atoms with E-state index in [-0.39, 0.29) is 35.3 Å². The third-order valence-corrected chi connectivity index (χ3v) is 17.3. The van der Waals surface area contributed by atoms with Gasteiger partial charge in [0.25, 0.3) is 13.4 Å². The SMILES string of the molecule is CN1c2ccccc2B2c3cccc4c3N(c3c2c1c1c2c3N(C)c3ccccc3B2c2cccc3c2N1C1(C)CCCCC31C)C1(C)CCCC[C@@]41C. The van der Waals surface area contributed by atoms with E-state index in [0.29, 0.717) is 0 Å². The molecular weight excluding hydrogens is 654 g/mol. The van der Waals surface area contributed by atoms with Crippen molar-refractivity contribution in [1.29, 1.82) is 0 Å². The molecule has 5 aromatic carbocycles. The lowest BCUT2D eigenvalue weighted by molar-refractivity contribution is 0.194. The Bertz CT molecular complexity index is 2400. The fourth-order valence-electron chi connectivity index (χ4n) is 14.4. The molecular formula is C48H48B2N4. The van der Waals surface area contributed by atoms with Crippen LogP contribution in [0.5, 0.6) is 0 Å². The fourth-order valence-corrected chi connectivity index (χ4v) is 14.4. The van der Waals surface area contributed by atoms with Crippen LogP contribution in [0.2, 0.25) is 0 Å². The number of hydrogen-bond acceptors (Lipinski definition) is 4. The van der Waals surface area contributed by atoms with Crippen LogP contribution < -0.4 is 52.4 Å². The van der Waals surface area contributed by atoms with Gasteiger partial charge in [-0.15, -0.1) is 0 Å². The first-order valence-corrected chi connectivity index (χ1v) is 20.9. The second-order valence-electron chi connectivity index (χ2n) is 19.1. The normalized spacial score (nSPS) is 29.5. The first-order valence-electron chi connectivity index (χ1n) is 20.9. The van der Waals surface area contributed by atoms with Gasteiger partial charge in [-0.1, -0.05) is 112 Å². The molecule has 0 radical (unpaired) electrons. The van der Waals surface area contributed by atoms with Crippen molar-refractivity contribution in [3.63, 3.8) is 0 Å². The second kappa shape index (κ2) is 9.44. The highest BCUT2D eigenvalue weighted by Gasteiger charge is 2.66. The largest absolute Gasteiger partial charge is 0.344 e. The maximum atomic E-state index is 2.97. The van der Waals surface area contributed by atoms with Crippen molar-refractivity contribution in [3.05, 3.63) is 96.1 Å². The molecule has 266 valence electrons. The highest BCUT2D eigenvalue weighted by Crippen LogP contribution is 2.66. The molecule has 13 rings (SSSR count). The molecule has 3 unspecified atom stereocenters. The van der Waals surface area contributed by atoms with Crippen LogP contribution in [-0.2, 0) is 10.8 Å². The standard InChI is InChI=1S/C48H48B2N4/c1-45-25-11-13-27-47(45,3)53-39-29(45)17-15-21-33(39)49-31-19-7-9-23-35(31)52(6)42-37(49)43(53)41-38-44(42)54-40-30(46(2)26-12-14-28-48(46,54)4)18-16-22-34(40)50(38)32-20-8-10-24-36(32)51(41)5/h7-10,15-24H,11-14,25-28H2,1-6H3/t45-,46?,47?,48?/m0/s1. The Hall–Kier alpha value is -4.57. The topological polar surface area (TPSA) is 13.0 Å². The molecule has 4 nitrogen and oxygen atoms in total. The Morgan fingerprint density at radius 1 is 0.426 bits per heavy atom. The summed E-state index contributed by atoms with van der Waals surface area (Å²) < 4.78 is 0. The average molecular weight is 703 g/mol. The van der Waals surface area contributed by atoms with E-state index in [1.54, 1.807) is 11.1 Å². The molecule has 6 heterocycles. The van der Waals surface area contributed by atoms with Gasteiger partial charge in [0, 0.05) is 47.7 Å². The van der Waals surface area contributed by atoms with Gasteiger partial charge in [-0.05, 0) is 95.6 Å². The van der Waals surface area contributed by atoms with Crippen LogP contribution in [0.3, 0.4) is 0 Å². The predicted octanol–water partition coefficient (Wildman–Crippen LogP) is 6.99. The second-order valence-corrected chi connectivity index (χ2v) is 19.1. The van der Waals surface area contributed by atoms with Gasteiger partial charge in [0.15, 0.2) is 0 Å². The lowest BCUT2D eigenvalue weighted by Gasteiger charge is -2.57. The maximum Gasteiger partial charge on any atom is 0.252 e. The molecule has 8 aliphatic rings. The van der Waals surface area contributed by atoms with E-state index < -0.39 is 0 Å². The minimum atomic E-state index is -0.0304. The average Bonchev–Trinajstić information content (AvgIpc) is 3.53. The van der Waals surface area contributed by atoms with E-state index in [0.717, 1.165) is 0 Å². The number of rotatable bonds is 0. The van der Waals surface area contributed by atoms with Crippen molar-refractivity contribution in [1.82, 2.24) is 0 Å². The first kappa shape index (κ1) is 30.7. The summed E-state index contributed by atoms with van der Waals surface area (Å²) in [5.41, 5.74) is 23.8. The van der Waals surface area contributed by atoms with E-state index >= 15 is 0 Å². The summed E-state index contributed by atoms with van der Waals surface area (Å²) in [6.45, 7) is 10.8. The molecule has 0 bridgehead atoms. The van der Waals surface area contributed by atoms with Gasteiger partial charge in [-0.25, -0.2) is 0 Å². The fraction of sp³-hybridized carbons (Fsp3) is 0.375. The number of nitrogens with zero attached hydrogens (tertiary/aromatic N) is 4. The van der Waals surface area contributed by atoms with E-state index in [1.807, 2.05) is 0 Å². The summed E-state index contributed by atoms with van der Waals surface area (Å²) in [7, 11) is 4.79. The summed E-state index contributed by atoms with van der Waals surface area (Å²) in [6, 6.07) is 33.6. The molecule has 2 fully saturated rings. The molecule has 6 aliphatic heterocycles. The van der Waals surface area contributed by atoms with Crippen molar-refractivity contribution >= 4 is 91.7 Å². The third-order valence-electron chi connectivity index (χ3n) is 17.3. The van der Waals surface area contributed by atoms with Gasteiger partial charge in [0.2, 0.25) is 0 Å². The van der Waals surface area contributed by atoms with Gasteiger partial charge in [0.1, 0.15) is 0 Å². The van der Waals surface area contributed by atoms with Gasteiger partial charge >= 0.3 is 0 Å². The highest BCUT2D eigenvalue weighted by molar-refractivity contribution is 7.03. The molecule has 0 amide bonds. The minimum Gasteiger partial charge on any atom is -0.344 e. The van der Waals surface area contributed by atoms with Crippen LogP contribution in [0, 0.1) is 0 Å². The van der Waals surface area contributed by atoms with E-state index in [4.69, 9.17) is 0 Å². The lowest BCUT2D eigenvalue weighted by atomic mass is 9.30. The molecule has 0 saturated heterocycles. The lowest BCUT2D eigenvalue weighted by Crippen LogP contribution is -2.69. The van der Waals surface area contributed by atoms with Crippen molar-refractivity contribution in [2.24, 2.45) is 0 Å². The molecule has 0 aromatic heterocycles. The van der Waals surface area contributed by atoms with E-state index in [9.17, 15) is 0 Å². The molecule has 4 atom stereocenters. The molecule has 2 aliphatic carbocycles. The van der Waals surface area contributed by atoms with Gasteiger partial charge in [-0.2, -0.15) is 0 Å². The van der Waals surface area contributed by atoms with E-state index in [2.05, 4.69) is 146 Å². The Morgan fingerprint density at radius 3 is 1.26 bits per heavy atom. The van der Waals surface area contributed by atoms with Crippen molar-refractivity contribution in [2.75, 3.05) is 33.7 Å². The molecule has 2 saturated carbocycles. The zero-order chi connectivity index (χ0) is 36.3. The van der Waals surface area contributed by atoms with Crippen molar-refractivity contribution in [2.45, 2.75) is 101 Å². The Kier molecular flexibility index (Phi) is 5.37. The molecule has 5 aromatic rings. The van der Waals surface area contributed by atoms with Crippen molar-refractivity contribution < 1.29 is 0 Å². The molecule has 54 heavy (non-hydrogen) atoms. The number of para-hydroxylation sites is 4. The van der Waals surface area contributed by atoms with Crippen LogP contribution in [0.4, 0.5) is 45.5 Å². The minimum absolute atomic E-state index is 0.0304. The van der Waals surface area contributed by atoms with Crippen LogP contribution >= 0.6 is 0 Å². The summed E-state index contributed by atoms with van der Waals surface area (Å²) in [6.07, 6.45) is 10.1. The summed E-state index contributed by atoms with van der Waals surface area (Å²) in [4.78, 5) is 11.2. The van der Waals surface area contributed by atoms with Crippen LogP contribution in [0.15, 0.2) is 84.9 Å². The molecule has 0 spiro atoms. The quantitative estimate of drug-likeness (QED) is 0.161. The van der Waals surface area contributed by atoms with Crippen molar-refractivity contribution in [3.8, 4) is 0 Å². The highest BCUT2D eigenvalue weighted by atomic mass is 15.3. The molecule has 0 N–H and O–H groups in total. The van der Waals surface area contributed by atoms with Crippen LogP contribution in [0.25, 0.3) is 0 Å². The predicted molar refractivity (Wildman–Crippen MR) is 230 cm³/mol. The zero-order valence-corrected chi connectivity index (χ0v) is 32.7. The maximum absolute atomic E-state index is 2.97. The molecule has 6 heteroatoms. The summed E-state index contributed by atoms with van der Waals surface area (Å²) in [5, 5.41) is 0. The van der Waals surface area contributed by atoms with E-state index in [1.165, 1.54) is 130 Å². The number of anilines is 8. The Labute approximate surface area is 321 Å². The zero-order valence-electron chi connectivity index (χ0n) is 32.7. The Balaban J connectivity index is 1.26. The third kappa shape index (κ3) is 2.97. The Morgan fingerprint density at radius 2 is 0.815 bits per heavy atom. The van der Waals surface area contributed by atoms with Gasteiger partial charge in [0.05, 0.1) is 33.8 Å². The first-order chi connectivity index (χ1) is 26.2. The smallest absolute Gasteiger partial charge is 0.252 e. The summed E-state index contributed by atoms with van der Waals surface area (Å²) >= 11 is 0. The summed E-state index contributed by atoms with van der Waals surface area (Å²) in [5.74, 6) is 0. The van der Waals surface area contributed by atoms with Crippen LogP contribution in [-0.4, -0.2) is 38.6 Å². The number of benzene rings is 5. The number of hydrogen-bond donors (Lipinski definition) is 0. The van der Waals surface area contributed by atoms with Gasteiger partial charge < -0.3 is 19.6 Å². The monoisotopic (exact) mass is 702 g/mol. The van der Waals surface area contributed by atoms with Gasteiger partial charge in [-0.3, -0.25) is 0 Å².